The molecule has 0 aromatic rings. The van der Waals surface area contributed by atoms with Gasteiger partial charge >= 0.3 is 6.18 Å². The molecule has 0 fully saturated rings. The number of imide groups is 1. The van der Waals surface area contributed by atoms with E-state index in [4.69, 9.17) is 5.11 Å². The largest absolute Gasteiger partial charge is 0.394 e. The van der Waals surface area contributed by atoms with E-state index in [1.54, 1.807) is 13.0 Å². The fraction of sp³-hybridized carbons (Fsp3) is 0.667. The maximum atomic E-state index is 13.4. The molecule has 0 aromatic carbocycles. The van der Waals surface area contributed by atoms with Gasteiger partial charge in [0, 0.05) is 17.8 Å². The van der Waals surface area contributed by atoms with Crippen molar-refractivity contribution in [2.24, 2.45) is 11.3 Å². The van der Waals surface area contributed by atoms with Crippen LogP contribution in [0.25, 0.3) is 0 Å². The molecule has 8 heteroatoms. The van der Waals surface area contributed by atoms with Gasteiger partial charge in [-0.05, 0) is 25.7 Å². The molecule has 0 saturated heterocycles. The quantitative estimate of drug-likeness (QED) is 0.407. The molecular formula is C18H27F3N2O3. The lowest BCUT2D eigenvalue weighted by Crippen LogP contribution is -2.50. The standard InChI is InChI=1S/C18H27F3N2O3/c1-5-14(16(26)23(11-25)12(2)10-24)9-22-15-7-6-8-17(4,13(15)3)18(19,20)21/h6-7,9,11-13,15,22,24H,5,8,10H2,1-4H3/b14-9-/t12-,13?,15?,17?/m1/s1. The minimum atomic E-state index is -4.34. The number of nitrogens with one attached hydrogen (secondary N) is 1. The van der Waals surface area contributed by atoms with Crippen LogP contribution < -0.4 is 5.32 Å². The van der Waals surface area contributed by atoms with Crippen molar-refractivity contribution in [2.45, 2.75) is 58.8 Å². The molecule has 148 valence electrons. The maximum Gasteiger partial charge on any atom is 0.394 e. The topological polar surface area (TPSA) is 69.6 Å². The Morgan fingerprint density at radius 2 is 2.12 bits per heavy atom. The zero-order valence-electron chi connectivity index (χ0n) is 15.5. The third kappa shape index (κ3) is 4.47. The van der Waals surface area contributed by atoms with E-state index < -0.39 is 35.5 Å². The van der Waals surface area contributed by atoms with Crippen molar-refractivity contribution in [2.75, 3.05) is 6.61 Å². The molecule has 0 aromatic heterocycles. The minimum Gasteiger partial charge on any atom is -0.394 e. The first-order chi connectivity index (χ1) is 12.0. The maximum absolute atomic E-state index is 13.4. The number of aliphatic hydroxyl groups is 1. The number of allylic oxidation sites excluding steroid dienone is 1. The molecule has 0 bridgehead atoms. The SMILES string of the molecule is CC/C(=C/NC1C=CCC(C)(C(F)(F)F)C1C)C(=O)N(C=O)[C@H](C)CO. The molecule has 1 aliphatic carbocycles. The third-order valence-electron chi connectivity index (χ3n) is 5.27. The fourth-order valence-corrected chi connectivity index (χ4v) is 2.90. The van der Waals surface area contributed by atoms with Gasteiger partial charge in [0.15, 0.2) is 0 Å². The van der Waals surface area contributed by atoms with Crippen LogP contribution in [0.1, 0.15) is 40.5 Å². The lowest BCUT2D eigenvalue weighted by Gasteiger charge is -2.42. The van der Waals surface area contributed by atoms with Crippen molar-refractivity contribution in [3.63, 3.8) is 0 Å². The summed E-state index contributed by atoms with van der Waals surface area (Å²) in [7, 11) is 0. The van der Waals surface area contributed by atoms with Crippen LogP contribution >= 0.6 is 0 Å². The molecule has 2 N–H and O–H groups in total. The Morgan fingerprint density at radius 1 is 1.50 bits per heavy atom. The van der Waals surface area contributed by atoms with Crippen LogP contribution in [0.3, 0.4) is 0 Å². The van der Waals surface area contributed by atoms with Gasteiger partial charge in [-0.25, -0.2) is 0 Å². The first kappa shape index (κ1) is 22.2. The number of nitrogens with zero attached hydrogens (tertiary/aromatic N) is 1. The molecule has 0 radical (unpaired) electrons. The number of amides is 2. The second-order valence-electron chi connectivity index (χ2n) is 6.90. The summed E-state index contributed by atoms with van der Waals surface area (Å²) in [4.78, 5) is 24.4. The highest BCUT2D eigenvalue weighted by Gasteiger charge is 2.56. The fourth-order valence-electron chi connectivity index (χ4n) is 2.90. The molecule has 0 heterocycles. The average molecular weight is 376 g/mol. The molecule has 3 unspecified atom stereocenters. The Hall–Kier alpha value is -1.83. The summed E-state index contributed by atoms with van der Waals surface area (Å²) in [5.74, 6) is -1.32. The normalized spacial score (nSPS) is 27.8. The van der Waals surface area contributed by atoms with Crippen LogP contribution in [-0.4, -0.2) is 47.2 Å². The Labute approximate surface area is 151 Å². The van der Waals surface area contributed by atoms with Gasteiger partial charge in [-0.2, -0.15) is 13.2 Å². The number of hydrogen-bond acceptors (Lipinski definition) is 4. The van der Waals surface area contributed by atoms with Gasteiger partial charge in [0.1, 0.15) is 0 Å². The number of hydrogen-bond donors (Lipinski definition) is 2. The Balaban J connectivity index is 2.99. The third-order valence-corrected chi connectivity index (χ3v) is 5.27. The number of carbonyl (C=O) groups excluding carboxylic acids is 2. The first-order valence-electron chi connectivity index (χ1n) is 8.60. The summed E-state index contributed by atoms with van der Waals surface area (Å²) in [6.45, 7) is 5.58. The van der Waals surface area contributed by atoms with Gasteiger partial charge < -0.3 is 10.4 Å². The van der Waals surface area contributed by atoms with Gasteiger partial charge in [0.2, 0.25) is 6.41 Å². The lowest BCUT2D eigenvalue weighted by atomic mass is 9.68. The molecule has 1 rings (SSSR count). The van der Waals surface area contributed by atoms with Crippen molar-refractivity contribution in [1.29, 1.82) is 0 Å². The number of aliphatic hydroxyl groups excluding tert-OH is 1. The van der Waals surface area contributed by atoms with Crippen molar-refractivity contribution in [3.05, 3.63) is 23.9 Å². The van der Waals surface area contributed by atoms with E-state index in [1.807, 2.05) is 0 Å². The lowest BCUT2D eigenvalue weighted by molar-refractivity contribution is -0.236. The molecule has 1 aliphatic rings. The van der Waals surface area contributed by atoms with Crippen LogP contribution in [0.15, 0.2) is 23.9 Å². The van der Waals surface area contributed by atoms with Gasteiger partial charge in [-0.1, -0.05) is 32.9 Å². The number of carbonyl (C=O) groups is 2. The highest BCUT2D eigenvalue weighted by Crippen LogP contribution is 2.49. The van der Waals surface area contributed by atoms with Crippen molar-refractivity contribution in [3.8, 4) is 0 Å². The van der Waals surface area contributed by atoms with Crippen molar-refractivity contribution < 1.29 is 27.9 Å². The van der Waals surface area contributed by atoms with Crippen LogP contribution in [0.5, 0.6) is 0 Å². The summed E-state index contributed by atoms with van der Waals surface area (Å²) >= 11 is 0. The van der Waals surface area contributed by atoms with E-state index in [1.165, 1.54) is 33.0 Å². The number of rotatable bonds is 7. The Morgan fingerprint density at radius 3 is 2.58 bits per heavy atom. The molecule has 0 aliphatic heterocycles. The molecule has 5 nitrogen and oxygen atoms in total. The summed E-state index contributed by atoms with van der Waals surface area (Å²) in [6.07, 6.45) is 0.738. The van der Waals surface area contributed by atoms with Crippen LogP contribution in [0.2, 0.25) is 0 Å². The molecule has 4 atom stereocenters. The molecule has 2 amide bonds. The summed E-state index contributed by atoms with van der Waals surface area (Å²) < 4.78 is 40.3. The van der Waals surface area contributed by atoms with E-state index >= 15 is 0 Å². The highest BCUT2D eigenvalue weighted by atomic mass is 19.4. The van der Waals surface area contributed by atoms with Gasteiger partial charge in [-0.15, -0.1) is 0 Å². The van der Waals surface area contributed by atoms with E-state index in [9.17, 15) is 22.8 Å². The van der Waals surface area contributed by atoms with E-state index in [0.717, 1.165) is 4.90 Å². The summed E-state index contributed by atoms with van der Waals surface area (Å²) in [5.41, 5.74) is -1.61. The van der Waals surface area contributed by atoms with Crippen LogP contribution in [0.4, 0.5) is 13.2 Å². The minimum absolute atomic E-state index is 0.0912. The summed E-state index contributed by atoms with van der Waals surface area (Å²) in [5, 5.41) is 12.0. The van der Waals surface area contributed by atoms with Crippen molar-refractivity contribution >= 4 is 12.3 Å². The number of halogens is 3. The van der Waals surface area contributed by atoms with E-state index in [-0.39, 0.29) is 25.0 Å². The smallest absolute Gasteiger partial charge is 0.394 e. The Kier molecular flexibility index (Phi) is 7.44. The van der Waals surface area contributed by atoms with Crippen LogP contribution in [-0.2, 0) is 9.59 Å². The monoisotopic (exact) mass is 376 g/mol. The van der Waals surface area contributed by atoms with E-state index in [2.05, 4.69) is 5.32 Å². The van der Waals surface area contributed by atoms with Crippen LogP contribution in [0, 0.1) is 11.3 Å². The van der Waals surface area contributed by atoms with Crippen molar-refractivity contribution in [1.82, 2.24) is 10.2 Å². The zero-order chi connectivity index (χ0) is 20.1. The predicted octanol–water partition coefficient (Wildman–Crippen LogP) is 2.77. The zero-order valence-corrected chi connectivity index (χ0v) is 15.5. The molecular weight excluding hydrogens is 349 g/mol. The predicted molar refractivity (Wildman–Crippen MR) is 91.8 cm³/mol. The van der Waals surface area contributed by atoms with Gasteiger partial charge in [-0.3, -0.25) is 14.5 Å². The molecule has 0 spiro atoms. The number of alkyl halides is 3. The second kappa shape index (κ2) is 8.70. The van der Waals surface area contributed by atoms with E-state index in [0.29, 0.717) is 6.41 Å². The second-order valence-corrected chi connectivity index (χ2v) is 6.90. The summed E-state index contributed by atoms with van der Waals surface area (Å²) in [6, 6.07) is -1.28. The first-order valence-corrected chi connectivity index (χ1v) is 8.60. The average Bonchev–Trinajstić information content (AvgIpc) is 2.58. The van der Waals surface area contributed by atoms with Gasteiger partial charge in [0.05, 0.1) is 18.1 Å². The Bertz CT molecular complexity index is 575. The molecule has 0 saturated carbocycles. The highest BCUT2D eigenvalue weighted by molar-refractivity contribution is 5.99. The molecule has 26 heavy (non-hydrogen) atoms. The van der Waals surface area contributed by atoms with Gasteiger partial charge in [0.25, 0.3) is 5.91 Å².